The van der Waals surface area contributed by atoms with Crippen LogP contribution in [0.15, 0.2) is 36.9 Å². The van der Waals surface area contributed by atoms with E-state index in [2.05, 4.69) is 52.6 Å². The molecule has 206 valence electrons. The first-order chi connectivity index (χ1) is 18.9. The van der Waals surface area contributed by atoms with E-state index >= 15 is 0 Å². The van der Waals surface area contributed by atoms with Gasteiger partial charge in [0.25, 0.3) is 0 Å². The van der Waals surface area contributed by atoms with Crippen molar-refractivity contribution in [3.8, 4) is 6.01 Å². The molecule has 0 bridgehead atoms. The van der Waals surface area contributed by atoms with Crippen molar-refractivity contribution in [3.05, 3.63) is 59.3 Å². The van der Waals surface area contributed by atoms with Crippen molar-refractivity contribution in [2.45, 2.75) is 56.9 Å². The van der Waals surface area contributed by atoms with Crippen LogP contribution in [0.2, 0.25) is 0 Å². The van der Waals surface area contributed by atoms with Crippen LogP contribution in [0.25, 0.3) is 0 Å². The number of rotatable bonds is 7. The summed E-state index contributed by atoms with van der Waals surface area (Å²) in [4.78, 5) is 43.0. The summed E-state index contributed by atoms with van der Waals surface area (Å²) in [5.74, 6) is -0.0480. The molecule has 2 aromatic rings. The molecule has 39 heavy (non-hydrogen) atoms. The molecule has 2 N–H and O–H groups in total. The maximum atomic E-state index is 12.4. The van der Waals surface area contributed by atoms with E-state index in [4.69, 9.17) is 20.4 Å². The molecule has 1 aromatic heterocycles. The van der Waals surface area contributed by atoms with Gasteiger partial charge in [-0.15, -0.1) is 0 Å². The van der Waals surface area contributed by atoms with Crippen LogP contribution in [0.1, 0.15) is 47.7 Å². The fourth-order valence-corrected chi connectivity index (χ4v) is 6.66. The van der Waals surface area contributed by atoms with Crippen LogP contribution in [0.3, 0.4) is 0 Å². The van der Waals surface area contributed by atoms with Gasteiger partial charge in [0.1, 0.15) is 18.5 Å². The third-order valence-electron chi connectivity index (χ3n) is 8.85. The van der Waals surface area contributed by atoms with E-state index in [1.54, 1.807) is 0 Å². The van der Waals surface area contributed by atoms with Crippen molar-refractivity contribution in [3.63, 3.8) is 0 Å². The standard InChI is InChI=1S/C29H37N7O3/c1-3-26(37)36-14-13-34(17-25(36)27(30)38)28-22-15-35(24-11-10-19-7-4-5-9-21(19)24)16-23(22)31-29(32-28)39-18-20-8-6-12-33(20)2/h3-5,7,9,20,24-25H,1,6,8,10-18H2,2H3,(H2,30,38)/t20-,24?,25+/m0/s1. The second-order valence-electron chi connectivity index (χ2n) is 11.1. The molecular weight excluding hydrogens is 494 g/mol. The highest BCUT2D eigenvalue weighted by Gasteiger charge is 2.39. The van der Waals surface area contributed by atoms with E-state index in [1.165, 1.54) is 28.5 Å². The number of amides is 2. The van der Waals surface area contributed by atoms with Gasteiger partial charge in [-0.1, -0.05) is 30.8 Å². The molecule has 2 amide bonds. The predicted octanol–water partition coefficient (Wildman–Crippen LogP) is 1.64. The largest absolute Gasteiger partial charge is 0.462 e. The average Bonchev–Trinajstić information content (AvgIpc) is 3.68. The van der Waals surface area contributed by atoms with Crippen LogP contribution >= 0.6 is 0 Å². The smallest absolute Gasteiger partial charge is 0.318 e. The van der Waals surface area contributed by atoms with Gasteiger partial charge in [0.15, 0.2) is 0 Å². The van der Waals surface area contributed by atoms with Crippen molar-refractivity contribution in [1.82, 2.24) is 24.7 Å². The number of hydrogen-bond acceptors (Lipinski definition) is 8. The summed E-state index contributed by atoms with van der Waals surface area (Å²) in [6.45, 7) is 7.81. The van der Waals surface area contributed by atoms with Gasteiger partial charge >= 0.3 is 6.01 Å². The lowest BCUT2D eigenvalue weighted by atomic mass is 10.1. The Hall–Kier alpha value is -3.50. The molecule has 4 heterocycles. The molecule has 6 rings (SSSR count). The number of nitrogens with zero attached hydrogens (tertiary/aromatic N) is 6. The number of likely N-dealkylation sites (N-methyl/N-ethyl adjacent to an activating group) is 1. The SMILES string of the molecule is C=CC(=O)N1CCN(c2nc(OC[C@@H]3CCCN3C)nc3c2CN(C2CCc4ccccc42)C3)C[C@@H]1C(N)=O. The highest BCUT2D eigenvalue weighted by atomic mass is 16.5. The molecule has 10 heteroatoms. The number of fused-ring (bicyclic) bond motifs is 2. The van der Waals surface area contributed by atoms with E-state index in [0.717, 1.165) is 56.0 Å². The molecule has 3 aliphatic heterocycles. The molecule has 10 nitrogen and oxygen atoms in total. The van der Waals surface area contributed by atoms with Gasteiger partial charge in [-0.2, -0.15) is 9.97 Å². The summed E-state index contributed by atoms with van der Waals surface area (Å²) < 4.78 is 6.21. The number of nitrogens with two attached hydrogens (primary N) is 1. The lowest BCUT2D eigenvalue weighted by Crippen LogP contribution is -2.60. The Kier molecular flexibility index (Phi) is 6.99. The fraction of sp³-hybridized carbons (Fsp3) is 0.517. The molecule has 1 unspecified atom stereocenters. The maximum absolute atomic E-state index is 12.4. The predicted molar refractivity (Wildman–Crippen MR) is 147 cm³/mol. The number of piperazine rings is 1. The first-order valence-corrected chi connectivity index (χ1v) is 13.9. The molecule has 0 saturated carbocycles. The minimum Gasteiger partial charge on any atom is -0.462 e. The summed E-state index contributed by atoms with van der Waals surface area (Å²) in [5, 5.41) is 0. The molecule has 1 aromatic carbocycles. The number of anilines is 1. The van der Waals surface area contributed by atoms with Crippen LogP contribution < -0.4 is 15.4 Å². The Balaban J connectivity index is 1.30. The Morgan fingerprint density at radius 3 is 2.77 bits per heavy atom. The van der Waals surface area contributed by atoms with Gasteiger partial charge in [0.05, 0.1) is 5.69 Å². The molecule has 1 aliphatic carbocycles. The fourth-order valence-electron chi connectivity index (χ4n) is 6.66. The van der Waals surface area contributed by atoms with Gasteiger partial charge in [-0.05, 0) is 56.5 Å². The van der Waals surface area contributed by atoms with Crippen molar-refractivity contribution < 1.29 is 14.3 Å². The minimum absolute atomic E-state index is 0.273. The maximum Gasteiger partial charge on any atom is 0.318 e. The van der Waals surface area contributed by atoms with Crippen molar-refractivity contribution in [2.24, 2.45) is 5.73 Å². The molecule has 0 radical (unpaired) electrons. The normalized spacial score (nSPS) is 25.0. The lowest BCUT2D eigenvalue weighted by molar-refractivity contribution is -0.136. The quantitative estimate of drug-likeness (QED) is 0.538. The summed E-state index contributed by atoms with van der Waals surface area (Å²) >= 11 is 0. The highest BCUT2D eigenvalue weighted by molar-refractivity contribution is 5.92. The monoisotopic (exact) mass is 531 g/mol. The van der Waals surface area contributed by atoms with Gasteiger partial charge in [-0.3, -0.25) is 14.5 Å². The number of benzene rings is 1. The first-order valence-electron chi connectivity index (χ1n) is 13.9. The summed E-state index contributed by atoms with van der Waals surface area (Å²) in [6.07, 6.45) is 5.66. The number of aryl methyl sites for hydroxylation is 1. The number of ether oxygens (including phenoxy) is 1. The van der Waals surface area contributed by atoms with Crippen LogP contribution in [-0.2, 0) is 29.1 Å². The van der Waals surface area contributed by atoms with E-state index in [1.807, 2.05) is 0 Å². The number of hydrogen-bond donors (Lipinski definition) is 1. The van der Waals surface area contributed by atoms with Crippen LogP contribution in [0, 0.1) is 0 Å². The lowest BCUT2D eigenvalue weighted by Gasteiger charge is -2.40. The average molecular weight is 532 g/mol. The van der Waals surface area contributed by atoms with Crippen LogP contribution in [-0.4, -0.2) is 88.4 Å². The Morgan fingerprint density at radius 2 is 2.00 bits per heavy atom. The topological polar surface area (TPSA) is 108 Å². The van der Waals surface area contributed by atoms with Gasteiger partial charge < -0.3 is 25.2 Å². The molecule has 3 atom stereocenters. The molecule has 2 saturated heterocycles. The minimum atomic E-state index is -0.759. The van der Waals surface area contributed by atoms with E-state index in [0.29, 0.717) is 37.8 Å². The molecule has 4 aliphatic rings. The second-order valence-corrected chi connectivity index (χ2v) is 11.1. The summed E-state index contributed by atoms with van der Waals surface area (Å²) in [5.41, 5.74) is 10.6. The number of likely N-dealkylation sites (tertiary alicyclic amines) is 1. The van der Waals surface area contributed by atoms with E-state index in [9.17, 15) is 9.59 Å². The zero-order valence-corrected chi connectivity index (χ0v) is 22.6. The molecule has 0 spiro atoms. The van der Waals surface area contributed by atoms with E-state index in [-0.39, 0.29) is 12.5 Å². The third-order valence-corrected chi connectivity index (χ3v) is 8.85. The first kappa shape index (κ1) is 25.8. The van der Waals surface area contributed by atoms with E-state index < -0.39 is 11.9 Å². The van der Waals surface area contributed by atoms with Crippen molar-refractivity contribution in [1.29, 1.82) is 0 Å². The Bertz CT molecular complexity index is 1280. The summed E-state index contributed by atoms with van der Waals surface area (Å²) in [7, 11) is 2.13. The Labute approximate surface area is 229 Å². The molecule has 2 fully saturated rings. The second kappa shape index (κ2) is 10.6. The van der Waals surface area contributed by atoms with Gasteiger partial charge in [0.2, 0.25) is 11.8 Å². The number of aromatic nitrogens is 2. The number of primary amides is 1. The zero-order chi connectivity index (χ0) is 27.1. The van der Waals surface area contributed by atoms with Crippen molar-refractivity contribution >= 4 is 17.6 Å². The van der Waals surface area contributed by atoms with Crippen LogP contribution in [0.5, 0.6) is 6.01 Å². The zero-order valence-electron chi connectivity index (χ0n) is 22.6. The number of carbonyl (C=O) groups is 2. The van der Waals surface area contributed by atoms with Gasteiger partial charge in [0, 0.05) is 50.4 Å². The van der Waals surface area contributed by atoms with Gasteiger partial charge in [-0.25, -0.2) is 0 Å². The van der Waals surface area contributed by atoms with Crippen molar-refractivity contribution in [2.75, 3.05) is 44.7 Å². The highest BCUT2D eigenvalue weighted by Crippen LogP contribution is 2.42. The summed E-state index contributed by atoms with van der Waals surface area (Å²) in [6, 6.07) is 8.99. The molecular formula is C29H37N7O3. The van der Waals surface area contributed by atoms with Crippen LogP contribution in [0.4, 0.5) is 5.82 Å². The Morgan fingerprint density at radius 1 is 1.15 bits per heavy atom. The number of carbonyl (C=O) groups excluding carboxylic acids is 2. The third kappa shape index (κ3) is 4.87.